The van der Waals surface area contributed by atoms with Crippen LogP contribution in [0.15, 0.2) is 30.5 Å². The van der Waals surface area contributed by atoms with Gasteiger partial charge in [-0.1, -0.05) is 35.3 Å². The first kappa shape index (κ1) is 21.0. The maximum absolute atomic E-state index is 12.9. The predicted molar refractivity (Wildman–Crippen MR) is 108 cm³/mol. The van der Waals surface area contributed by atoms with Crippen LogP contribution in [-0.2, 0) is 25.6 Å². The number of Topliss-reactive ketones (excluding diaryl/α,β-unsaturated/α-hetero) is 1. The van der Waals surface area contributed by atoms with Gasteiger partial charge in [-0.25, -0.2) is 16.8 Å². The lowest BCUT2D eigenvalue weighted by molar-refractivity contribution is 0.0979. The minimum absolute atomic E-state index is 0.0208. The maximum atomic E-state index is 12.9. The van der Waals surface area contributed by atoms with E-state index in [4.69, 9.17) is 23.2 Å². The molecule has 0 bridgehead atoms. The van der Waals surface area contributed by atoms with Crippen molar-refractivity contribution in [2.75, 3.05) is 17.1 Å². The molecule has 2 heterocycles. The van der Waals surface area contributed by atoms with Crippen LogP contribution in [-0.4, -0.2) is 40.4 Å². The number of hydrogen-bond acceptors (Lipinski definition) is 6. The summed E-state index contributed by atoms with van der Waals surface area (Å²) >= 11 is 12.5. The summed E-state index contributed by atoms with van der Waals surface area (Å²) in [6.45, 7) is 1.45. The number of carbonyl (C=O) groups excluding carboxylic acids is 1. The smallest absolute Gasteiger partial charge is 0.234 e. The van der Waals surface area contributed by atoms with Crippen molar-refractivity contribution in [3.63, 3.8) is 0 Å². The quantitative estimate of drug-likeness (QED) is 0.691. The number of ketones is 1. The molecule has 1 aliphatic rings. The first-order chi connectivity index (χ1) is 13.0. The molecule has 1 aromatic heterocycles. The van der Waals surface area contributed by atoms with E-state index in [1.54, 1.807) is 6.07 Å². The Balaban J connectivity index is 2.23. The third-order valence-electron chi connectivity index (χ3n) is 4.55. The number of halogens is 2. The maximum Gasteiger partial charge on any atom is 0.234 e. The highest BCUT2D eigenvalue weighted by molar-refractivity contribution is 7.92. The molecule has 0 fully saturated rings. The van der Waals surface area contributed by atoms with Crippen LogP contribution in [0.2, 0.25) is 10.0 Å². The standard InChI is InChI=1S/C17H16Cl2N2O5S2/c1-3-28(25,26)21(2)15-12(18)7-6-11(13(15)19)17-16(22)14-10(5-4-8-20-14)9-27(17,23)24/h4-8,17H,3,9H2,1-2H3. The molecule has 1 unspecified atom stereocenters. The highest BCUT2D eigenvalue weighted by atomic mass is 35.5. The number of sulfonamides is 1. The average molecular weight is 463 g/mol. The second kappa shape index (κ2) is 7.29. The summed E-state index contributed by atoms with van der Waals surface area (Å²) in [4.78, 5) is 16.9. The molecular weight excluding hydrogens is 447 g/mol. The molecule has 0 radical (unpaired) electrons. The fourth-order valence-electron chi connectivity index (χ4n) is 3.08. The lowest BCUT2D eigenvalue weighted by Crippen LogP contribution is -2.32. The van der Waals surface area contributed by atoms with E-state index in [9.17, 15) is 21.6 Å². The lowest BCUT2D eigenvalue weighted by Gasteiger charge is -2.27. The van der Waals surface area contributed by atoms with Crippen LogP contribution in [0.1, 0.15) is 33.8 Å². The summed E-state index contributed by atoms with van der Waals surface area (Å²) in [6.07, 6.45) is 1.40. The number of sulfone groups is 1. The van der Waals surface area contributed by atoms with Gasteiger partial charge in [0.25, 0.3) is 0 Å². The monoisotopic (exact) mass is 462 g/mol. The number of nitrogens with zero attached hydrogens (tertiary/aromatic N) is 2. The van der Waals surface area contributed by atoms with E-state index in [1.807, 2.05) is 0 Å². The molecule has 0 N–H and O–H groups in total. The Morgan fingerprint density at radius 3 is 2.57 bits per heavy atom. The lowest BCUT2D eigenvalue weighted by atomic mass is 10.0. The minimum atomic E-state index is -3.94. The van der Waals surface area contributed by atoms with Gasteiger partial charge in [-0.3, -0.25) is 14.1 Å². The van der Waals surface area contributed by atoms with Crippen molar-refractivity contribution in [2.45, 2.75) is 17.9 Å². The van der Waals surface area contributed by atoms with E-state index in [2.05, 4.69) is 4.98 Å². The summed E-state index contributed by atoms with van der Waals surface area (Å²) in [5, 5.41) is -1.77. The van der Waals surface area contributed by atoms with Crippen LogP contribution >= 0.6 is 23.2 Å². The van der Waals surface area contributed by atoms with E-state index >= 15 is 0 Å². The number of pyridine rings is 1. The second-order valence-electron chi connectivity index (χ2n) is 6.23. The zero-order chi connectivity index (χ0) is 20.9. The topological polar surface area (TPSA) is 101 Å². The van der Waals surface area contributed by atoms with Crippen LogP contribution in [0.5, 0.6) is 0 Å². The highest BCUT2D eigenvalue weighted by Gasteiger charge is 2.43. The molecule has 0 spiro atoms. The Morgan fingerprint density at radius 1 is 1.25 bits per heavy atom. The van der Waals surface area contributed by atoms with Crippen molar-refractivity contribution in [3.8, 4) is 0 Å². The third-order valence-corrected chi connectivity index (χ3v) is 8.90. The fourth-order valence-corrected chi connectivity index (χ4v) is 6.69. The Bertz CT molecular complexity index is 1180. The average Bonchev–Trinajstić information content (AvgIpc) is 2.62. The van der Waals surface area contributed by atoms with E-state index in [0.29, 0.717) is 5.56 Å². The Kier molecular flexibility index (Phi) is 5.48. The van der Waals surface area contributed by atoms with Crippen molar-refractivity contribution in [2.24, 2.45) is 0 Å². The van der Waals surface area contributed by atoms with E-state index < -0.39 is 30.9 Å². The Morgan fingerprint density at radius 2 is 1.93 bits per heavy atom. The number of carbonyl (C=O) groups is 1. The molecule has 1 aliphatic heterocycles. The molecule has 2 aromatic rings. The molecule has 11 heteroatoms. The molecule has 28 heavy (non-hydrogen) atoms. The summed E-state index contributed by atoms with van der Waals surface area (Å²) in [7, 11) is -6.39. The molecule has 1 aromatic carbocycles. The molecule has 7 nitrogen and oxygen atoms in total. The van der Waals surface area contributed by atoms with Gasteiger partial charge in [-0.2, -0.15) is 0 Å². The van der Waals surface area contributed by atoms with E-state index in [1.165, 1.54) is 38.4 Å². The zero-order valence-electron chi connectivity index (χ0n) is 14.9. The van der Waals surface area contributed by atoms with Crippen molar-refractivity contribution < 1.29 is 21.6 Å². The van der Waals surface area contributed by atoms with Gasteiger partial charge in [0.05, 0.1) is 27.2 Å². The van der Waals surface area contributed by atoms with Gasteiger partial charge < -0.3 is 0 Å². The Labute approximate surface area is 173 Å². The second-order valence-corrected chi connectivity index (χ2v) is 11.4. The van der Waals surface area contributed by atoms with Crippen molar-refractivity contribution in [1.82, 2.24) is 4.98 Å². The summed E-state index contributed by atoms with van der Waals surface area (Å²) in [5.41, 5.74) is 0.280. The minimum Gasteiger partial charge on any atom is -0.291 e. The number of benzene rings is 1. The first-order valence-electron chi connectivity index (χ1n) is 8.15. The van der Waals surface area contributed by atoms with Gasteiger partial charge in [0.2, 0.25) is 15.8 Å². The SMILES string of the molecule is CCS(=O)(=O)N(C)c1c(Cl)ccc(C2C(=O)c3ncccc3CS2(=O)=O)c1Cl. The van der Waals surface area contributed by atoms with Gasteiger partial charge >= 0.3 is 0 Å². The number of fused-ring (bicyclic) bond motifs is 1. The first-order valence-corrected chi connectivity index (χ1v) is 12.2. The van der Waals surface area contributed by atoms with Gasteiger partial charge in [0.15, 0.2) is 15.1 Å². The van der Waals surface area contributed by atoms with Gasteiger partial charge in [0, 0.05) is 13.2 Å². The number of rotatable bonds is 4. The van der Waals surface area contributed by atoms with Gasteiger partial charge in [0.1, 0.15) is 5.69 Å². The normalized spacial score (nSPS) is 18.6. The number of aromatic nitrogens is 1. The van der Waals surface area contributed by atoms with Crippen LogP contribution in [0.25, 0.3) is 0 Å². The third kappa shape index (κ3) is 3.41. The predicted octanol–water partition coefficient (Wildman–Crippen LogP) is 3.03. The van der Waals surface area contributed by atoms with Crippen LogP contribution in [0.4, 0.5) is 5.69 Å². The Hall–Kier alpha value is -1.68. The molecule has 0 aliphatic carbocycles. The zero-order valence-corrected chi connectivity index (χ0v) is 18.0. The van der Waals surface area contributed by atoms with Crippen LogP contribution in [0, 0.1) is 0 Å². The van der Waals surface area contributed by atoms with Gasteiger partial charge in [-0.15, -0.1) is 0 Å². The van der Waals surface area contributed by atoms with Crippen molar-refractivity contribution in [1.29, 1.82) is 0 Å². The number of anilines is 1. The molecule has 3 rings (SSSR count). The highest BCUT2D eigenvalue weighted by Crippen LogP contribution is 2.44. The summed E-state index contributed by atoms with van der Waals surface area (Å²) < 4.78 is 51.1. The molecule has 150 valence electrons. The summed E-state index contributed by atoms with van der Waals surface area (Å²) in [5.74, 6) is -1.29. The van der Waals surface area contributed by atoms with E-state index in [0.717, 1.165) is 4.31 Å². The van der Waals surface area contributed by atoms with Crippen LogP contribution < -0.4 is 4.31 Å². The van der Waals surface area contributed by atoms with Crippen molar-refractivity contribution in [3.05, 3.63) is 57.3 Å². The molecule has 0 saturated carbocycles. The fraction of sp³-hybridized carbons (Fsp3) is 0.294. The molecule has 0 amide bonds. The summed E-state index contributed by atoms with van der Waals surface area (Å²) in [6, 6.07) is 5.75. The largest absolute Gasteiger partial charge is 0.291 e. The van der Waals surface area contributed by atoms with Crippen molar-refractivity contribution >= 4 is 54.5 Å². The molecule has 0 saturated heterocycles. The molecule has 1 atom stereocenters. The molecular formula is C17H16Cl2N2O5S2. The van der Waals surface area contributed by atoms with Gasteiger partial charge in [-0.05, 0) is 30.2 Å². The van der Waals surface area contributed by atoms with E-state index in [-0.39, 0.29) is 38.5 Å². The van der Waals surface area contributed by atoms with Crippen LogP contribution in [0.3, 0.4) is 0 Å². The number of hydrogen-bond donors (Lipinski definition) is 0.